The minimum absolute atomic E-state index is 0.0511. The van der Waals surface area contributed by atoms with Crippen LogP contribution < -0.4 is 5.32 Å². The molecule has 0 aromatic rings. The Morgan fingerprint density at radius 3 is 2.40 bits per heavy atom. The van der Waals surface area contributed by atoms with Crippen LogP contribution in [-0.2, 0) is 9.59 Å². The van der Waals surface area contributed by atoms with Crippen LogP contribution in [0.1, 0.15) is 58.8 Å². The van der Waals surface area contributed by atoms with E-state index in [1.807, 2.05) is 13.8 Å². The molecule has 2 N–H and O–H groups in total. The highest BCUT2D eigenvalue weighted by molar-refractivity contribution is 5.80. The van der Waals surface area contributed by atoms with E-state index in [1.54, 1.807) is 0 Å². The van der Waals surface area contributed by atoms with E-state index in [2.05, 4.69) is 11.9 Å². The van der Waals surface area contributed by atoms with Crippen LogP contribution in [0.15, 0.2) is 12.2 Å². The summed E-state index contributed by atoms with van der Waals surface area (Å²) in [6.45, 7) is 7.59. The number of carboxylic acid groups (broad SMARTS) is 1. The number of carbonyl (C=O) groups is 2. The molecular formula is C16H27NO3. The molecular weight excluding hydrogens is 254 g/mol. The maximum absolute atomic E-state index is 12.2. The summed E-state index contributed by atoms with van der Waals surface area (Å²) in [6.07, 6.45) is 6.22. The van der Waals surface area contributed by atoms with Gasteiger partial charge in [-0.3, -0.25) is 9.59 Å². The van der Waals surface area contributed by atoms with E-state index in [1.165, 1.54) is 0 Å². The van der Waals surface area contributed by atoms with Gasteiger partial charge in [0.15, 0.2) is 0 Å². The molecule has 1 fully saturated rings. The van der Waals surface area contributed by atoms with Crippen molar-refractivity contribution in [2.75, 3.05) is 0 Å². The van der Waals surface area contributed by atoms with Crippen LogP contribution in [0.3, 0.4) is 0 Å². The molecule has 0 bridgehead atoms. The van der Waals surface area contributed by atoms with E-state index in [4.69, 9.17) is 0 Å². The Morgan fingerprint density at radius 2 is 1.85 bits per heavy atom. The Balaban J connectivity index is 2.65. The molecule has 3 atom stereocenters. The van der Waals surface area contributed by atoms with Gasteiger partial charge in [-0.15, -0.1) is 6.58 Å². The fourth-order valence-corrected chi connectivity index (χ4v) is 2.89. The van der Waals surface area contributed by atoms with E-state index >= 15 is 0 Å². The summed E-state index contributed by atoms with van der Waals surface area (Å²) in [5.41, 5.74) is 0.972. The molecule has 20 heavy (non-hydrogen) atoms. The van der Waals surface area contributed by atoms with Crippen LogP contribution in [-0.4, -0.2) is 23.0 Å². The Labute approximate surface area is 121 Å². The zero-order valence-corrected chi connectivity index (χ0v) is 12.7. The number of hydrogen-bond donors (Lipinski definition) is 2. The zero-order valence-electron chi connectivity index (χ0n) is 12.7. The van der Waals surface area contributed by atoms with Crippen molar-refractivity contribution < 1.29 is 14.7 Å². The van der Waals surface area contributed by atoms with E-state index < -0.39 is 11.9 Å². The molecule has 0 aromatic carbocycles. The second-order valence-electron chi connectivity index (χ2n) is 6.11. The van der Waals surface area contributed by atoms with Gasteiger partial charge in [0.1, 0.15) is 0 Å². The highest BCUT2D eigenvalue weighted by Crippen LogP contribution is 2.24. The summed E-state index contributed by atoms with van der Waals surface area (Å²) in [7, 11) is 0. The molecule has 0 radical (unpaired) electrons. The molecule has 0 aliphatic heterocycles. The van der Waals surface area contributed by atoms with Gasteiger partial charge in [0.25, 0.3) is 0 Å². The van der Waals surface area contributed by atoms with Crippen LogP contribution in [0.4, 0.5) is 0 Å². The van der Waals surface area contributed by atoms with E-state index in [-0.39, 0.29) is 17.9 Å². The van der Waals surface area contributed by atoms with Gasteiger partial charge in [-0.25, -0.2) is 0 Å². The number of hydrogen-bond acceptors (Lipinski definition) is 2. The lowest BCUT2D eigenvalue weighted by atomic mass is 9.86. The predicted octanol–water partition coefficient (Wildman–Crippen LogP) is 3.13. The molecule has 1 amide bonds. The number of carboxylic acids is 1. The maximum Gasteiger partial charge on any atom is 0.308 e. The van der Waals surface area contributed by atoms with Gasteiger partial charge in [0, 0.05) is 12.0 Å². The van der Waals surface area contributed by atoms with Gasteiger partial charge in [-0.05, 0) is 26.2 Å². The van der Waals surface area contributed by atoms with Crippen molar-refractivity contribution in [3.05, 3.63) is 12.2 Å². The summed E-state index contributed by atoms with van der Waals surface area (Å²) in [5, 5.41) is 12.3. The predicted molar refractivity (Wildman–Crippen MR) is 79.4 cm³/mol. The van der Waals surface area contributed by atoms with Crippen molar-refractivity contribution in [1.82, 2.24) is 5.32 Å². The second-order valence-corrected chi connectivity index (χ2v) is 6.11. The molecule has 0 heterocycles. The first-order valence-corrected chi connectivity index (χ1v) is 7.59. The van der Waals surface area contributed by atoms with Gasteiger partial charge in [-0.2, -0.15) is 0 Å². The average Bonchev–Trinajstić information content (AvgIpc) is 2.31. The quantitative estimate of drug-likeness (QED) is 0.761. The second kappa shape index (κ2) is 8.08. The minimum atomic E-state index is -0.787. The fraction of sp³-hybridized carbons (Fsp3) is 0.750. The number of allylic oxidation sites excluding steroid dienone is 1. The summed E-state index contributed by atoms with van der Waals surface area (Å²) < 4.78 is 0. The Morgan fingerprint density at radius 1 is 1.25 bits per heavy atom. The maximum atomic E-state index is 12.2. The molecule has 0 aromatic heterocycles. The molecule has 4 heteroatoms. The summed E-state index contributed by atoms with van der Waals surface area (Å²) >= 11 is 0. The molecule has 114 valence electrons. The first kappa shape index (κ1) is 16.7. The average molecular weight is 281 g/mol. The van der Waals surface area contributed by atoms with Crippen LogP contribution in [0.5, 0.6) is 0 Å². The lowest BCUT2D eigenvalue weighted by Crippen LogP contribution is -2.45. The lowest BCUT2D eigenvalue weighted by molar-refractivity contribution is -0.143. The summed E-state index contributed by atoms with van der Waals surface area (Å²) in [6, 6.07) is -0.229. The van der Waals surface area contributed by atoms with Crippen LogP contribution in [0, 0.1) is 11.8 Å². The van der Waals surface area contributed by atoms with Crippen LogP contribution in [0.2, 0.25) is 0 Å². The standard InChI is InChI=1S/C16H27NO3/c1-11(2)10-12(3)15(18)17-14-9-7-5-4-6-8-13(14)16(19)20/h12-14H,1,4-10H2,2-3H3,(H,17,18)(H,19,20). The summed E-state index contributed by atoms with van der Waals surface area (Å²) in [5.74, 6) is -1.43. The molecule has 4 nitrogen and oxygen atoms in total. The van der Waals surface area contributed by atoms with Gasteiger partial charge in [0.2, 0.25) is 5.91 Å². The molecule has 0 spiro atoms. The molecule has 1 rings (SSSR count). The number of rotatable bonds is 5. The number of amides is 1. The number of aliphatic carboxylic acids is 1. The third-order valence-corrected chi connectivity index (χ3v) is 4.01. The Hall–Kier alpha value is -1.32. The zero-order chi connectivity index (χ0) is 15.1. The Kier molecular flexibility index (Phi) is 6.76. The van der Waals surface area contributed by atoms with Crippen LogP contribution in [0.25, 0.3) is 0 Å². The highest BCUT2D eigenvalue weighted by Gasteiger charge is 2.30. The van der Waals surface area contributed by atoms with Crippen molar-refractivity contribution in [2.24, 2.45) is 11.8 Å². The van der Waals surface area contributed by atoms with Crippen molar-refractivity contribution in [3.63, 3.8) is 0 Å². The molecule has 1 aliphatic rings. The third-order valence-electron chi connectivity index (χ3n) is 4.01. The largest absolute Gasteiger partial charge is 0.481 e. The first-order valence-electron chi connectivity index (χ1n) is 7.59. The molecule has 0 saturated heterocycles. The number of nitrogens with one attached hydrogen (secondary N) is 1. The van der Waals surface area contributed by atoms with E-state index in [0.717, 1.165) is 37.7 Å². The fourth-order valence-electron chi connectivity index (χ4n) is 2.89. The first-order chi connectivity index (χ1) is 9.41. The van der Waals surface area contributed by atoms with Gasteiger partial charge in [-0.1, -0.05) is 38.2 Å². The van der Waals surface area contributed by atoms with Crippen molar-refractivity contribution in [3.8, 4) is 0 Å². The molecule has 3 unspecified atom stereocenters. The van der Waals surface area contributed by atoms with Gasteiger partial charge < -0.3 is 10.4 Å². The van der Waals surface area contributed by atoms with Gasteiger partial charge in [0.05, 0.1) is 5.92 Å². The summed E-state index contributed by atoms with van der Waals surface area (Å²) in [4.78, 5) is 23.6. The Bertz CT molecular complexity index is 365. The normalized spacial score (nSPS) is 25.1. The van der Waals surface area contributed by atoms with E-state index in [0.29, 0.717) is 12.8 Å². The molecule has 1 aliphatic carbocycles. The monoisotopic (exact) mass is 281 g/mol. The van der Waals surface area contributed by atoms with Crippen molar-refractivity contribution in [1.29, 1.82) is 0 Å². The molecule has 1 saturated carbocycles. The van der Waals surface area contributed by atoms with Crippen LogP contribution >= 0.6 is 0 Å². The van der Waals surface area contributed by atoms with Crippen molar-refractivity contribution in [2.45, 2.75) is 64.8 Å². The van der Waals surface area contributed by atoms with E-state index in [9.17, 15) is 14.7 Å². The lowest BCUT2D eigenvalue weighted by Gasteiger charge is -2.28. The highest BCUT2D eigenvalue weighted by atomic mass is 16.4. The van der Waals surface area contributed by atoms with Crippen molar-refractivity contribution >= 4 is 11.9 Å². The smallest absolute Gasteiger partial charge is 0.308 e. The third kappa shape index (κ3) is 5.35. The van der Waals surface area contributed by atoms with Gasteiger partial charge >= 0.3 is 5.97 Å². The SMILES string of the molecule is C=C(C)CC(C)C(=O)NC1CCCCCCC1C(=O)O. The topological polar surface area (TPSA) is 66.4 Å². The number of carbonyl (C=O) groups excluding carboxylic acids is 1. The minimum Gasteiger partial charge on any atom is -0.481 e.